The molecule has 7 heteroatoms. The Morgan fingerprint density at radius 3 is 2.42 bits per heavy atom. The Morgan fingerprint density at radius 2 is 1.75 bits per heavy atom. The number of rotatable bonds is 3. The third kappa shape index (κ3) is 4.12. The first-order chi connectivity index (χ1) is 11.0. The van der Waals surface area contributed by atoms with Gasteiger partial charge in [0.2, 0.25) is 0 Å². The number of fused-ring (bicyclic) bond motifs is 1. The molecule has 1 fully saturated rings. The van der Waals surface area contributed by atoms with E-state index < -0.39 is 18.6 Å². The lowest BCUT2D eigenvalue weighted by molar-refractivity contribution is -0.148. The molecule has 2 aromatic rings. The molecule has 2 aromatic carbocycles. The average Bonchev–Trinajstić information content (AvgIpc) is 2.53. The van der Waals surface area contributed by atoms with E-state index in [0.717, 1.165) is 5.39 Å². The van der Waals surface area contributed by atoms with Crippen molar-refractivity contribution in [2.75, 3.05) is 26.2 Å². The highest BCUT2D eigenvalue weighted by atomic mass is 35.5. The van der Waals surface area contributed by atoms with Gasteiger partial charge in [-0.1, -0.05) is 30.3 Å². The maximum Gasteiger partial charge on any atom is 0.390 e. The summed E-state index contributed by atoms with van der Waals surface area (Å²) in [7, 11) is 0. The Morgan fingerprint density at radius 1 is 1.08 bits per heavy atom. The van der Waals surface area contributed by atoms with Gasteiger partial charge in [0.05, 0.1) is 6.42 Å². The van der Waals surface area contributed by atoms with Crippen LogP contribution in [0.2, 0.25) is 0 Å². The highest BCUT2D eigenvalue weighted by Gasteiger charge is 2.37. The first-order valence-corrected chi connectivity index (χ1v) is 7.68. The van der Waals surface area contributed by atoms with Gasteiger partial charge < -0.3 is 10.4 Å². The van der Waals surface area contributed by atoms with Gasteiger partial charge in [-0.2, -0.15) is 13.2 Å². The number of benzene rings is 2. The summed E-state index contributed by atoms with van der Waals surface area (Å²) >= 11 is 0. The molecule has 1 aliphatic heterocycles. The zero-order valence-electron chi connectivity index (χ0n) is 13.0. The van der Waals surface area contributed by atoms with Gasteiger partial charge in [-0.05, 0) is 16.8 Å². The molecule has 1 atom stereocenters. The first-order valence-electron chi connectivity index (χ1n) is 7.68. The summed E-state index contributed by atoms with van der Waals surface area (Å²) in [5.41, 5.74) is 0.377. The van der Waals surface area contributed by atoms with E-state index in [0.29, 0.717) is 37.1 Å². The molecule has 1 aliphatic rings. The van der Waals surface area contributed by atoms with Gasteiger partial charge in [0.1, 0.15) is 5.75 Å². The molecule has 0 saturated carbocycles. The molecular weight excluding hydrogens is 341 g/mol. The molecule has 2 N–H and O–H groups in total. The molecule has 132 valence electrons. The second-order valence-corrected chi connectivity index (χ2v) is 5.84. The second-order valence-electron chi connectivity index (χ2n) is 5.84. The summed E-state index contributed by atoms with van der Waals surface area (Å²) in [4.78, 5) is 1.81. The highest BCUT2D eigenvalue weighted by molar-refractivity contribution is 5.88. The molecule has 0 amide bonds. The molecule has 1 heterocycles. The molecule has 24 heavy (non-hydrogen) atoms. The van der Waals surface area contributed by atoms with Gasteiger partial charge in [0, 0.05) is 37.8 Å². The number of alkyl halides is 3. The molecule has 0 radical (unpaired) electrons. The molecule has 0 unspecified atom stereocenters. The zero-order valence-corrected chi connectivity index (χ0v) is 13.8. The van der Waals surface area contributed by atoms with E-state index in [2.05, 4.69) is 5.32 Å². The van der Waals surface area contributed by atoms with Crippen LogP contribution in [0.15, 0.2) is 36.4 Å². The average molecular weight is 361 g/mol. The van der Waals surface area contributed by atoms with Crippen LogP contribution in [0.5, 0.6) is 5.75 Å². The van der Waals surface area contributed by atoms with Gasteiger partial charge >= 0.3 is 6.18 Å². The Kier molecular flexibility index (Phi) is 5.96. The Balaban J connectivity index is 0.00000208. The number of nitrogens with zero attached hydrogens (tertiary/aromatic N) is 1. The van der Waals surface area contributed by atoms with E-state index in [1.165, 1.54) is 6.07 Å². The predicted octanol–water partition coefficient (Wildman–Crippen LogP) is 3.87. The fraction of sp³-hybridized carbons (Fsp3) is 0.412. The van der Waals surface area contributed by atoms with Gasteiger partial charge in [-0.3, -0.25) is 4.90 Å². The Bertz CT molecular complexity index is 687. The standard InChI is InChI=1S/C17H19F3N2O.ClH/c18-17(19,20)11-14(22-9-7-21-8-10-22)16-13-4-2-1-3-12(13)5-6-15(16)23;/h1-6,14,21,23H,7-11H2;1H/t14-;/m1./s1. The normalized spacial score (nSPS) is 17.5. The van der Waals surface area contributed by atoms with Crippen LogP contribution in [0, 0.1) is 0 Å². The Labute approximate surface area is 144 Å². The quantitative estimate of drug-likeness (QED) is 0.872. The van der Waals surface area contributed by atoms with Crippen molar-refractivity contribution in [1.29, 1.82) is 0 Å². The number of halogens is 4. The number of phenolic OH excluding ortho intramolecular Hbond substituents is 1. The minimum Gasteiger partial charge on any atom is -0.508 e. The van der Waals surface area contributed by atoms with Gasteiger partial charge in [-0.15, -0.1) is 12.4 Å². The van der Waals surface area contributed by atoms with Crippen molar-refractivity contribution >= 4 is 23.2 Å². The van der Waals surface area contributed by atoms with Crippen molar-refractivity contribution in [1.82, 2.24) is 10.2 Å². The first kappa shape index (κ1) is 18.8. The molecular formula is C17H20ClF3N2O. The van der Waals surface area contributed by atoms with Gasteiger partial charge in [0.15, 0.2) is 0 Å². The van der Waals surface area contributed by atoms with Crippen LogP contribution in [-0.2, 0) is 0 Å². The van der Waals surface area contributed by atoms with E-state index >= 15 is 0 Å². The zero-order chi connectivity index (χ0) is 16.4. The van der Waals surface area contributed by atoms with Crippen molar-refractivity contribution in [3.05, 3.63) is 42.0 Å². The minimum absolute atomic E-state index is 0. The van der Waals surface area contributed by atoms with Crippen molar-refractivity contribution in [2.24, 2.45) is 0 Å². The van der Waals surface area contributed by atoms with Crippen molar-refractivity contribution in [3.63, 3.8) is 0 Å². The topological polar surface area (TPSA) is 35.5 Å². The summed E-state index contributed by atoms with van der Waals surface area (Å²) in [6.45, 7) is 2.37. The monoisotopic (exact) mass is 360 g/mol. The van der Waals surface area contributed by atoms with E-state index in [1.807, 2.05) is 17.0 Å². The van der Waals surface area contributed by atoms with Crippen LogP contribution in [0.3, 0.4) is 0 Å². The van der Waals surface area contributed by atoms with Gasteiger partial charge in [0.25, 0.3) is 0 Å². The summed E-state index contributed by atoms with van der Waals surface area (Å²) < 4.78 is 39.5. The number of nitrogens with one attached hydrogen (secondary N) is 1. The lowest BCUT2D eigenvalue weighted by Crippen LogP contribution is -2.46. The van der Waals surface area contributed by atoms with E-state index in [9.17, 15) is 18.3 Å². The largest absolute Gasteiger partial charge is 0.508 e. The van der Waals surface area contributed by atoms with Crippen molar-refractivity contribution in [2.45, 2.75) is 18.6 Å². The molecule has 0 aliphatic carbocycles. The van der Waals surface area contributed by atoms with Crippen LogP contribution in [0.1, 0.15) is 18.0 Å². The van der Waals surface area contributed by atoms with Crippen molar-refractivity contribution < 1.29 is 18.3 Å². The number of phenols is 1. The molecule has 1 saturated heterocycles. The smallest absolute Gasteiger partial charge is 0.390 e. The molecule has 3 rings (SSSR count). The minimum atomic E-state index is -4.29. The molecule has 0 bridgehead atoms. The number of piperazine rings is 1. The van der Waals surface area contributed by atoms with Crippen LogP contribution in [-0.4, -0.2) is 42.4 Å². The number of aromatic hydroxyl groups is 1. The number of hydrogen-bond acceptors (Lipinski definition) is 3. The Hall–Kier alpha value is -1.50. The molecule has 0 spiro atoms. The predicted molar refractivity (Wildman–Crippen MR) is 90.7 cm³/mol. The summed E-state index contributed by atoms with van der Waals surface area (Å²) in [5, 5.41) is 15.0. The lowest BCUT2D eigenvalue weighted by atomic mass is 9.94. The van der Waals surface area contributed by atoms with Crippen LogP contribution >= 0.6 is 12.4 Å². The summed E-state index contributed by atoms with van der Waals surface area (Å²) in [6, 6.07) is 9.60. The maximum atomic E-state index is 13.2. The lowest BCUT2D eigenvalue weighted by Gasteiger charge is -2.36. The van der Waals surface area contributed by atoms with E-state index in [4.69, 9.17) is 0 Å². The fourth-order valence-electron chi connectivity index (χ4n) is 3.26. The van der Waals surface area contributed by atoms with Gasteiger partial charge in [-0.25, -0.2) is 0 Å². The summed E-state index contributed by atoms with van der Waals surface area (Å²) in [6.07, 6.45) is -5.26. The number of hydrogen-bond donors (Lipinski definition) is 2. The molecule has 0 aromatic heterocycles. The third-order valence-corrected chi connectivity index (χ3v) is 4.30. The van der Waals surface area contributed by atoms with Crippen molar-refractivity contribution in [3.8, 4) is 5.75 Å². The van der Waals surface area contributed by atoms with E-state index in [-0.39, 0.29) is 18.2 Å². The van der Waals surface area contributed by atoms with Crippen LogP contribution in [0.4, 0.5) is 13.2 Å². The highest BCUT2D eigenvalue weighted by Crippen LogP contribution is 2.41. The van der Waals surface area contributed by atoms with Crippen LogP contribution < -0.4 is 5.32 Å². The molecule has 3 nitrogen and oxygen atoms in total. The second kappa shape index (κ2) is 7.59. The summed E-state index contributed by atoms with van der Waals surface area (Å²) in [5.74, 6) is -0.0727. The SMILES string of the molecule is Cl.Oc1ccc2ccccc2c1[C@@H](CC(F)(F)F)N1CCNCC1. The fourth-order valence-corrected chi connectivity index (χ4v) is 3.26. The third-order valence-electron chi connectivity index (χ3n) is 4.30. The van der Waals surface area contributed by atoms with Crippen LogP contribution in [0.25, 0.3) is 10.8 Å². The van der Waals surface area contributed by atoms with E-state index in [1.54, 1.807) is 18.2 Å². The maximum absolute atomic E-state index is 13.2.